The average Bonchev–Trinajstić information content (AvgIpc) is 2.99. The summed E-state index contributed by atoms with van der Waals surface area (Å²) in [7, 11) is -7.06. The molecule has 2 aromatic carbocycles. The van der Waals surface area contributed by atoms with Crippen LogP contribution < -0.4 is 10.0 Å². The molecule has 2 atom stereocenters. The highest BCUT2D eigenvalue weighted by Crippen LogP contribution is 2.19. The number of carbonyl (C=O) groups excluding carboxylic acids is 1. The molecule has 2 aromatic rings. The fraction of sp³-hybridized carbons (Fsp3) is 0.316. The van der Waals surface area contributed by atoms with Crippen LogP contribution >= 0.6 is 11.6 Å². The lowest BCUT2D eigenvalue weighted by molar-refractivity contribution is 0.0939. The van der Waals surface area contributed by atoms with Crippen LogP contribution in [0.1, 0.15) is 35.3 Å². The number of hydrogen-bond acceptors (Lipinski definition) is 5. The largest absolute Gasteiger partial charge is 0.346 e. The minimum atomic E-state index is -3.87. The molecule has 1 saturated heterocycles. The highest BCUT2D eigenvalue weighted by Gasteiger charge is 2.31. The smallest absolute Gasteiger partial charge is 0.251 e. The van der Waals surface area contributed by atoms with Gasteiger partial charge in [0.2, 0.25) is 10.0 Å². The summed E-state index contributed by atoms with van der Waals surface area (Å²) in [6.45, 7) is 1.82. The number of sulfonamides is 1. The Labute approximate surface area is 175 Å². The van der Waals surface area contributed by atoms with Crippen molar-refractivity contribution in [3.05, 3.63) is 64.7 Å². The van der Waals surface area contributed by atoms with E-state index in [2.05, 4.69) is 10.0 Å². The Balaban J connectivity index is 1.66. The van der Waals surface area contributed by atoms with Crippen molar-refractivity contribution in [3.63, 3.8) is 0 Å². The van der Waals surface area contributed by atoms with E-state index in [-0.39, 0.29) is 34.8 Å². The maximum Gasteiger partial charge on any atom is 0.251 e. The van der Waals surface area contributed by atoms with Crippen molar-refractivity contribution in [3.8, 4) is 0 Å². The van der Waals surface area contributed by atoms with E-state index in [1.54, 1.807) is 18.2 Å². The van der Waals surface area contributed by atoms with Gasteiger partial charge in [-0.1, -0.05) is 23.7 Å². The molecule has 10 heteroatoms. The number of amides is 1. The second-order valence-corrected chi connectivity index (χ2v) is 11.4. The molecule has 0 spiro atoms. The predicted molar refractivity (Wildman–Crippen MR) is 111 cm³/mol. The Morgan fingerprint density at radius 2 is 1.86 bits per heavy atom. The Morgan fingerprint density at radius 1 is 1.17 bits per heavy atom. The third-order valence-corrected chi connectivity index (χ3v) is 8.22. The van der Waals surface area contributed by atoms with Crippen molar-refractivity contribution in [2.24, 2.45) is 0 Å². The first kappa shape index (κ1) is 21.8. The molecule has 0 aromatic heterocycles. The van der Waals surface area contributed by atoms with Crippen molar-refractivity contribution < 1.29 is 21.6 Å². The van der Waals surface area contributed by atoms with Crippen LogP contribution in [0.5, 0.6) is 0 Å². The van der Waals surface area contributed by atoms with Crippen LogP contribution in [0, 0.1) is 0 Å². The highest BCUT2D eigenvalue weighted by molar-refractivity contribution is 7.92. The first-order valence-electron chi connectivity index (χ1n) is 8.95. The summed E-state index contributed by atoms with van der Waals surface area (Å²) in [5, 5.41) is 3.41. The normalized spacial score (nSPS) is 19.6. The number of nitrogens with one attached hydrogen (secondary N) is 2. The fourth-order valence-corrected chi connectivity index (χ4v) is 6.35. The third kappa shape index (κ3) is 5.57. The number of hydrogen-bond donors (Lipinski definition) is 2. The summed E-state index contributed by atoms with van der Waals surface area (Å²) < 4.78 is 50.3. The molecule has 29 heavy (non-hydrogen) atoms. The van der Waals surface area contributed by atoms with E-state index in [4.69, 9.17) is 11.6 Å². The molecule has 2 N–H and O–H groups in total. The molecule has 1 aliphatic heterocycles. The number of carbonyl (C=O) groups is 1. The molecule has 1 amide bonds. The van der Waals surface area contributed by atoms with Crippen molar-refractivity contribution >= 4 is 37.4 Å². The lowest BCUT2D eigenvalue weighted by Gasteiger charge is -2.15. The van der Waals surface area contributed by atoms with Crippen molar-refractivity contribution in [1.82, 2.24) is 10.0 Å². The van der Waals surface area contributed by atoms with Gasteiger partial charge in [0.15, 0.2) is 9.84 Å². The van der Waals surface area contributed by atoms with Gasteiger partial charge in [0.05, 0.1) is 22.4 Å². The number of halogens is 1. The zero-order valence-electron chi connectivity index (χ0n) is 15.6. The predicted octanol–water partition coefficient (Wildman–Crippen LogP) is 2.30. The fourth-order valence-electron chi connectivity index (χ4n) is 3.10. The maximum atomic E-state index is 12.5. The Bertz CT molecular complexity index is 1120. The second-order valence-electron chi connectivity index (χ2n) is 7.00. The van der Waals surface area contributed by atoms with Crippen LogP contribution in [0.3, 0.4) is 0 Å². The third-order valence-electron chi connectivity index (χ3n) is 4.68. The van der Waals surface area contributed by atoms with Crippen molar-refractivity contribution in [1.29, 1.82) is 0 Å². The van der Waals surface area contributed by atoms with Gasteiger partial charge in [-0.15, -0.1) is 0 Å². The average molecular weight is 457 g/mol. The molecule has 7 nitrogen and oxygen atoms in total. The van der Waals surface area contributed by atoms with Gasteiger partial charge < -0.3 is 5.32 Å². The van der Waals surface area contributed by atoms with E-state index < -0.39 is 25.9 Å². The summed E-state index contributed by atoms with van der Waals surface area (Å²) in [6.07, 6.45) is 0.253. The Hall–Kier alpha value is -1.94. The quantitative estimate of drug-likeness (QED) is 0.693. The van der Waals surface area contributed by atoms with Gasteiger partial charge in [-0.25, -0.2) is 21.6 Å². The second kappa shape index (κ2) is 8.43. The molecule has 3 rings (SSSR count). The molecule has 0 radical (unpaired) electrons. The van der Waals surface area contributed by atoms with Gasteiger partial charge in [-0.3, -0.25) is 4.79 Å². The standard InChI is InChI=1S/C19H21ClN2O5S2/c1-13(15-3-2-4-16(20)11-15)21-19(23)14-5-7-18(8-6-14)29(26,27)22-17-9-10-28(24,25)12-17/h2-8,11,13,17,22H,9-10,12H2,1H3,(H,21,23). The van der Waals surface area contributed by atoms with Gasteiger partial charge >= 0.3 is 0 Å². The molecule has 0 bridgehead atoms. The summed E-state index contributed by atoms with van der Waals surface area (Å²) in [5.74, 6) is -0.575. The first-order valence-corrected chi connectivity index (χ1v) is 12.6. The van der Waals surface area contributed by atoms with E-state index >= 15 is 0 Å². The van der Waals surface area contributed by atoms with Crippen LogP contribution in [0.25, 0.3) is 0 Å². The van der Waals surface area contributed by atoms with Crippen molar-refractivity contribution in [2.45, 2.75) is 30.3 Å². The molecular formula is C19H21ClN2O5S2. The molecule has 1 aliphatic rings. The monoisotopic (exact) mass is 456 g/mol. The summed E-state index contributed by atoms with van der Waals surface area (Å²) in [4.78, 5) is 12.4. The number of sulfone groups is 1. The van der Waals surface area contributed by atoms with Gasteiger partial charge in [-0.05, 0) is 55.3 Å². The minimum Gasteiger partial charge on any atom is -0.346 e. The van der Waals surface area contributed by atoms with Gasteiger partial charge in [0, 0.05) is 16.6 Å². The van der Waals surface area contributed by atoms with Crippen LogP contribution in [0.4, 0.5) is 0 Å². The molecule has 0 saturated carbocycles. The van der Waals surface area contributed by atoms with Gasteiger partial charge in [-0.2, -0.15) is 0 Å². The Morgan fingerprint density at radius 3 is 2.45 bits per heavy atom. The van der Waals surface area contributed by atoms with Crippen LogP contribution in [-0.4, -0.2) is 40.3 Å². The SMILES string of the molecule is CC(NC(=O)c1ccc(S(=O)(=O)NC2CCS(=O)(=O)C2)cc1)c1cccc(Cl)c1. The lowest BCUT2D eigenvalue weighted by atomic mass is 10.1. The van der Waals surface area contributed by atoms with E-state index in [0.29, 0.717) is 10.6 Å². The molecule has 0 aliphatic carbocycles. The summed E-state index contributed by atoms with van der Waals surface area (Å²) in [5.41, 5.74) is 1.15. The van der Waals surface area contributed by atoms with Crippen LogP contribution in [-0.2, 0) is 19.9 Å². The van der Waals surface area contributed by atoms with Gasteiger partial charge in [0.25, 0.3) is 5.91 Å². The molecule has 156 valence electrons. The summed E-state index contributed by atoms with van der Waals surface area (Å²) >= 11 is 5.97. The van der Waals surface area contributed by atoms with E-state index in [1.807, 2.05) is 13.0 Å². The molecule has 2 unspecified atom stereocenters. The Kier molecular flexibility index (Phi) is 6.33. The highest BCUT2D eigenvalue weighted by atomic mass is 35.5. The zero-order chi connectivity index (χ0) is 21.2. The van der Waals surface area contributed by atoms with E-state index in [0.717, 1.165) is 5.56 Å². The van der Waals surface area contributed by atoms with Crippen LogP contribution in [0.2, 0.25) is 5.02 Å². The van der Waals surface area contributed by atoms with Crippen LogP contribution in [0.15, 0.2) is 53.4 Å². The van der Waals surface area contributed by atoms with Crippen molar-refractivity contribution in [2.75, 3.05) is 11.5 Å². The first-order chi connectivity index (χ1) is 13.6. The molecular weight excluding hydrogens is 436 g/mol. The topological polar surface area (TPSA) is 109 Å². The zero-order valence-corrected chi connectivity index (χ0v) is 18.0. The molecule has 1 heterocycles. The maximum absolute atomic E-state index is 12.5. The molecule has 1 fully saturated rings. The lowest BCUT2D eigenvalue weighted by Crippen LogP contribution is -2.35. The van der Waals surface area contributed by atoms with E-state index in [1.165, 1.54) is 24.3 Å². The number of benzene rings is 2. The van der Waals surface area contributed by atoms with E-state index in [9.17, 15) is 21.6 Å². The van der Waals surface area contributed by atoms with Gasteiger partial charge in [0.1, 0.15) is 0 Å². The summed E-state index contributed by atoms with van der Waals surface area (Å²) in [6, 6.07) is 11.7. The minimum absolute atomic E-state index is 0.0237. The number of rotatable bonds is 6.